The Kier molecular flexibility index (Phi) is 11.3. The first-order valence-electron chi connectivity index (χ1n) is 9.81. The van der Waals surface area contributed by atoms with E-state index in [1.807, 2.05) is 0 Å². The molecule has 0 unspecified atom stereocenters. The van der Waals surface area contributed by atoms with Crippen molar-refractivity contribution in [3.8, 4) is 0 Å². The monoisotopic (exact) mass is 631 g/mol. The Balaban J connectivity index is 0. The molecule has 0 aliphatic carbocycles. The van der Waals surface area contributed by atoms with Gasteiger partial charge in [-0.15, -0.1) is 0 Å². The summed E-state index contributed by atoms with van der Waals surface area (Å²) in [6.45, 7) is 14.2. The average molecular weight is 631 g/mol. The van der Waals surface area contributed by atoms with E-state index < -0.39 is 54.7 Å². The maximum absolute atomic E-state index is 13.1. The molecule has 232 valence electrons. The van der Waals surface area contributed by atoms with E-state index in [-0.39, 0.29) is 0 Å². The highest BCUT2D eigenvalue weighted by atomic mass is 31.2. The molecule has 0 radical (unpaired) electrons. The smallest absolute Gasteiger partial charge is 0.460 e. The number of hydrogen-bond donors (Lipinski definition) is 0. The van der Waals surface area contributed by atoms with Gasteiger partial charge in [-0.2, -0.15) is 79.0 Å². The minimum Gasteiger partial charge on any atom is -0.791 e. The first-order valence-corrected chi connectivity index (χ1v) is 11.4. The van der Waals surface area contributed by atoms with Gasteiger partial charge in [-0.1, -0.05) is 0 Å². The van der Waals surface area contributed by atoms with Crippen molar-refractivity contribution in [2.45, 2.75) is 75.1 Å². The zero-order valence-corrected chi connectivity index (χ0v) is 20.2. The van der Waals surface area contributed by atoms with Crippen LogP contribution in [0.25, 0.3) is 0 Å². The number of quaternary nitrogens is 1. The summed E-state index contributed by atoms with van der Waals surface area (Å²) in [6, 6.07) is 0. The van der Waals surface area contributed by atoms with E-state index in [0.29, 0.717) is 0 Å². The van der Waals surface area contributed by atoms with Gasteiger partial charge in [0.1, 0.15) is 0 Å². The van der Waals surface area contributed by atoms with Gasteiger partial charge in [0.15, 0.2) is 7.37 Å². The van der Waals surface area contributed by atoms with Crippen LogP contribution in [0.1, 0.15) is 27.7 Å². The van der Waals surface area contributed by atoms with Crippen molar-refractivity contribution in [3.63, 3.8) is 0 Å². The molecule has 0 amide bonds. The molecule has 0 aromatic rings. The van der Waals surface area contributed by atoms with Crippen molar-refractivity contribution in [3.05, 3.63) is 0 Å². The second-order valence-corrected chi connectivity index (χ2v) is 9.76. The fraction of sp³-hybridized carbons (Fsp3) is 1.00. The van der Waals surface area contributed by atoms with E-state index in [0.717, 1.165) is 0 Å². The predicted octanol–water partition coefficient (Wildman–Crippen LogP) is 7.36. The van der Waals surface area contributed by atoms with Crippen LogP contribution in [0, 0.1) is 0 Å². The highest BCUT2D eigenvalue weighted by Crippen LogP contribution is 2.76. The van der Waals surface area contributed by atoms with E-state index in [1.165, 1.54) is 30.7 Å². The number of alkyl halides is 18. The fourth-order valence-corrected chi connectivity index (χ4v) is 3.99. The van der Waals surface area contributed by atoms with Crippen LogP contribution in [-0.2, 0) is 4.57 Å². The van der Waals surface area contributed by atoms with Gasteiger partial charge < -0.3 is 13.9 Å². The largest absolute Gasteiger partial charge is 0.791 e. The summed E-state index contributed by atoms with van der Waals surface area (Å²) < 4.78 is 236. The van der Waals surface area contributed by atoms with Crippen LogP contribution in [0.3, 0.4) is 0 Å². The first-order chi connectivity index (χ1) is 16.2. The highest BCUT2D eigenvalue weighted by Gasteiger charge is 2.91. The highest BCUT2D eigenvalue weighted by molar-refractivity contribution is 7.59. The second kappa shape index (κ2) is 11.0. The Morgan fingerprint density at radius 3 is 0.763 bits per heavy atom. The molecule has 0 saturated carbocycles. The molecule has 0 aromatic heterocycles. The lowest BCUT2D eigenvalue weighted by Crippen LogP contribution is -2.67. The molecule has 38 heavy (non-hydrogen) atoms. The molecule has 0 saturated heterocycles. The van der Waals surface area contributed by atoms with Crippen LogP contribution < -0.4 is 4.89 Å². The molecule has 0 fully saturated rings. The molecule has 0 aromatic carbocycles. The molecular weight excluding hydrogens is 611 g/mol. The molecular formula is C16H20F18NO2P. The summed E-state index contributed by atoms with van der Waals surface area (Å²) >= 11 is 0. The molecule has 0 heterocycles. The van der Waals surface area contributed by atoms with E-state index in [9.17, 15) is 88.5 Å². The summed E-state index contributed by atoms with van der Waals surface area (Å²) in [4.78, 5) is 10.7. The SMILES string of the molecule is CC[N+](CC)(CC)CC.O=P([O-])(C(F)(F)C(F)(F)C(F)(F)C(F)(F)F)C(F)(F)C(F)(F)C(F)(F)C(F)(F)F. The van der Waals surface area contributed by atoms with Crippen LogP contribution in [0.15, 0.2) is 0 Å². The second-order valence-electron chi connectivity index (χ2n) is 7.53. The Morgan fingerprint density at radius 2 is 0.658 bits per heavy atom. The van der Waals surface area contributed by atoms with Crippen molar-refractivity contribution in [1.29, 1.82) is 0 Å². The number of hydrogen-bond acceptors (Lipinski definition) is 2. The van der Waals surface area contributed by atoms with Gasteiger partial charge in [0.25, 0.3) is 0 Å². The average Bonchev–Trinajstić information content (AvgIpc) is 2.73. The molecule has 0 bridgehead atoms. The number of nitrogens with zero attached hydrogens (tertiary/aromatic N) is 1. The van der Waals surface area contributed by atoms with Crippen molar-refractivity contribution in [2.75, 3.05) is 26.2 Å². The Morgan fingerprint density at radius 1 is 0.474 bits per heavy atom. The summed E-state index contributed by atoms with van der Waals surface area (Å²) in [5, 5.41) is 0. The third-order valence-electron chi connectivity index (χ3n) is 5.68. The summed E-state index contributed by atoms with van der Waals surface area (Å²) in [5.41, 5.74) is -17.2. The van der Waals surface area contributed by atoms with Crippen molar-refractivity contribution in [1.82, 2.24) is 0 Å². The molecule has 0 aliphatic heterocycles. The van der Waals surface area contributed by atoms with Crippen molar-refractivity contribution < 1.29 is 93.0 Å². The first kappa shape index (κ1) is 39.0. The van der Waals surface area contributed by atoms with Crippen molar-refractivity contribution in [2.24, 2.45) is 0 Å². The Bertz CT molecular complexity index is 760. The van der Waals surface area contributed by atoms with E-state index in [4.69, 9.17) is 0 Å². The van der Waals surface area contributed by atoms with Crippen LogP contribution in [0.4, 0.5) is 79.0 Å². The zero-order valence-electron chi connectivity index (χ0n) is 19.3. The third-order valence-corrected chi connectivity index (χ3v) is 7.72. The number of halogens is 18. The lowest BCUT2D eigenvalue weighted by Gasteiger charge is -2.46. The van der Waals surface area contributed by atoms with Gasteiger partial charge in [-0.3, -0.25) is 0 Å². The summed E-state index contributed by atoms with van der Waals surface area (Å²) in [7, 11) is -10.1. The quantitative estimate of drug-likeness (QED) is 0.144. The lowest BCUT2D eigenvalue weighted by atomic mass is 10.1. The molecule has 0 aliphatic rings. The fourth-order valence-electron chi connectivity index (χ4n) is 2.62. The van der Waals surface area contributed by atoms with E-state index in [1.54, 1.807) is 0 Å². The van der Waals surface area contributed by atoms with Gasteiger partial charge in [0, 0.05) is 0 Å². The van der Waals surface area contributed by atoms with Gasteiger partial charge >= 0.3 is 47.4 Å². The van der Waals surface area contributed by atoms with Crippen LogP contribution in [-0.4, -0.2) is 78.0 Å². The van der Waals surface area contributed by atoms with Gasteiger partial charge in [-0.05, 0) is 27.7 Å². The maximum atomic E-state index is 13.1. The minimum absolute atomic E-state index is 1.28. The molecule has 22 heteroatoms. The van der Waals surface area contributed by atoms with Gasteiger partial charge in [-0.25, -0.2) is 0 Å². The molecule has 0 spiro atoms. The maximum Gasteiger partial charge on any atom is 0.460 e. The van der Waals surface area contributed by atoms with Gasteiger partial charge in [0.05, 0.1) is 26.2 Å². The predicted molar refractivity (Wildman–Crippen MR) is 91.8 cm³/mol. The standard InChI is InChI=1S/C8HF18O2P.C8H20N/c9-1(10,5(17,18)19)3(13,14)7(23,24)29(27,28)8(25,26)4(15,16)2(11,12)6(20,21)22;1-5-9(6-2,7-3)8-4/h(H,27,28);5-8H2,1-4H3/q;+1/p-1. The lowest BCUT2D eigenvalue weighted by molar-refractivity contribution is -0.921. The third kappa shape index (κ3) is 5.83. The molecule has 0 N–H and O–H groups in total. The van der Waals surface area contributed by atoms with Crippen LogP contribution in [0.2, 0.25) is 0 Å². The zero-order chi connectivity index (χ0) is 31.8. The summed E-state index contributed by atoms with van der Waals surface area (Å²) in [6.07, 6.45) is -15.7. The minimum atomic E-state index is -10.1. The Labute approximate surface area is 202 Å². The van der Waals surface area contributed by atoms with Crippen molar-refractivity contribution >= 4 is 7.37 Å². The van der Waals surface area contributed by atoms with E-state index in [2.05, 4.69) is 27.7 Å². The normalized spacial score (nSPS) is 15.8. The van der Waals surface area contributed by atoms with Gasteiger partial charge in [0.2, 0.25) is 0 Å². The van der Waals surface area contributed by atoms with Crippen LogP contribution >= 0.6 is 7.37 Å². The van der Waals surface area contributed by atoms with E-state index >= 15 is 0 Å². The Hall–Kier alpha value is -1.11. The topological polar surface area (TPSA) is 40.1 Å². The van der Waals surface area contributed by atoms with Crippen LogP contribution in [0.5, 0.6) is 0 Å². The molecule has 0 atom stereocenters. The summed E-state index contributed by atoms with van der Waals surface area (Å²) in [5.74, 6) is -33.7. The molecule has 0 rings (SSSR count). The molecule has 3 nitrogen and oxygen atoms in total. The number of rotatable bonds is 10.